The zero-order valence-electron chi connectivity index (χ0n) is 7.41. The molecule has 4 N–H and O–H groups in total. The van der Waals surface area contributed by atoms with Crippen molar-refractivity contribution in [1.29, 1.82) is 0 Å². The molecule has 12 heavy (non-hydrogen) atoms. The quantitative estimate of drug-likeness (QED) is 0.516. The summed E-state index contributed by atoms with van der Waals surface area (Å²) in [6, 6.07) is 0.810. The Morgan fingerprint density at radius 3 is 2.25 bits per heavy atom. The van der Waals surface area contributed by atoms with Crippen LogP contribution in [0, 0.1) is 17.8 Å². The van der Waals surface area contributed by atoms with Gasteiger partial charge in [-0.15, -0.1) is 0 Å². The van der Waals surface area contributed by atoms with Gasteiger partial charge in [0.2, 0.25) is 0 Å². The van der Waals surface area contributed by atoms with Crippen molar-refractivity contribution in [3.63, 3.8) is 0 Å². The topological polar surface area (TPSA) is 52.0 Å². The second-order valence-corrected chi connectivity index (χ2v) is 5.80. The molecule has 3 aliphatic carbocycles. The molecule has 6 atom stereocenters. The molecule has 2 nitrogen and oxygen atoms in total. The van der Waals surface area contributed by atoms with Gasteiger partial charge in [-0.1, -0.05) is 29.5 Å². The molecule has 0 aromatic rings. The number of rotatable bonds is 0. The molecule has 0 aromatic carbocycles. The highest BCUT2D eigenvalue weighted by Gasteiger charge is 2.48. The van der Waals surface area contributed by atoms with Crippen LogP contribution in [-0.2, 0) is 0 Å². The second kappa shape index (κ2) is 3.10. The summed E-state index contributed by atoms with van der Waals surface area (Å²) in [4.78, 5) is 0. The molecule has 0 aromatic heterocycles. The van der Waals surface area contributed by atoms with Crippen molar-refractivity contribution in [2.24, 2.45) is 29.2 Å². The molecule has 6 unspecified atom stereocenters. The average Bonchev–Trinajstić information content (AvgIpc) is 2.05. The van der Waals surface area contributed by atoms with Crippen LogP contribution in [0.2, 0.25) is 0 Å². The fraction of sp³-hybridized carbons (Fsp3) is 1.00. The third-order valence-corrected chi connectivity index (χ3v) is 5.64. The number of nitrogens with two attached hydrogens (primary N) is 2. The first-order valence-electron chi connectivity index (χ1n) is 4.78. The lowest BCUT2D eigenvalue weighted by molar-refractivity contribution is 0.0739. The lowest BCUT2D eigenvalue weighted by Crippen LogP contribution is -2.62. The van der Waals surface area contributed by atoms with Gasteiger partial charge in [0.15, 0.2) is 0 Å². The van der Waals surface area contributed by atoms with Gasteiger partial charge in [0.25, 0.3) is 0 Å². The zero-order valence-corrected chi connectivity index (χ0v) is 9.57. The molecule has 0 saturated heterocycles. The minimum absolute atomic E-state index is 0.402. The van der Waals surface area contributed by atoms with E-state index in [9.17, 15) is 0 Å². The van der Waals surface area contributed by atoms with Crippen LogP contribution in [0.3, 0.4) is 0 Å². The Balaban J connectivity index is 2.23. The van der Waals surface area contributed by atoms with E-state index in [1.165, 1.54) is 12.8 Å². The average molecular weight is 280 g/mol. The Hall–Kier alpha value is 0.650. The van der Waals surface area contributed by atoms with Crippen LogP contribution in [0.4, 0.5) is 0 Å². The molecule has 3 saturated carbocycles. The van der Waals surface area contributed by atoms with Crippen molar-refractivity contribution in [1.82, 2.24) is 0 Å². The Morgan fingerprint density at radius 1 is 1.08 bits per heavy atom. The van der Waals surface area contributed by atoms with E-state index in [1.54, 1.807) is 0 Å². The maximum atomic E-state index is 6.16. The van der Waals surface area contributed by atoms with Crippen molar-refractivity contribution in [2.75, 3.05) is 0 Å². The highest BCUT2D eigenvalue weighted by atomic mass is 127. The number of hydrogen-bond acceptors (Lipinski definition) is 2. The lowest BCUT2D eigenvalue weighted by atomic mass is 9.60. The number of halogens is 1. The zero-order chi connectivity index (χ0) is 8.88. The molecule has 70 valence electrons. The summed E-state index contributed by atoms with van der Waals surface area (Å²) in [5, 5.41) is 0. The van der Waals surface area contributed by atoms with E-state index in [-0.39, 0.29) is 0 Å². The monoisotopic (exact) mass is 280 g/mol. The molecule has 0 aliphatic heterocycles. The van der Waals surface area contributed by atoms with Crippen LogP contribution in [0.25, 0.3) is 0 Å². The molecule has 0 amide bonds. The van der Waals surface area contributed by atoms with Crippen LogP contribution in [0.15, 0.2) is 0 Å². The highest BCUT2D eigenvalue weighted by molar-refractivity contribution is 14.1. The molecule has 3 aliphatic rings. The Labute approximate surface area is 87.6 Å². The SMILES string of the molecule is CC1C(N)C2CCC1C(N)C2I. The van der Waals surface area contributed by atoms with Crippen molar-refractivity contribution >= 4 is 22.6 Å². The molecule has 0 spiro atoms. The van der Waals surface area contributed by atoms with Crippen LogP contribution >= 0.6 is 22.6 Å². The largest absolute Gasteiger partial charge is 0.327 e. The second-order valence-electron chi connectivity index (χ2n) is 4.36. The van der Waals surface area contributed by atoms with Crippen molar-refractivity contribution < 1.29 is 0 Å². The van der Waals surface area contributed by atoms with Gasteiger partial charge in [0.05, 0.1) is 0 Å². The first-order chi connectivity index (χ1) is 5.63. The normalized spacial score (nSPS) is 59.0. The van der Waals surface area contributed by atoms with Gasteiger partial charge in [-0.05, 0) is 30.6 Å². The van der Waals surface area contributed by atoms with Gasteiger partial charge >= 0.3 is 0 Å². The third kappa shape index (κ3) is 1.13. The van der Waals surface area contributed by atoms with Crippen LogP contribution in [-0.4, -0.2) is 16.0 Å². The lowest BCUT2D eigenvalue weighted by Gasteiger charge is -2.52. The standard InChI is InChI=1S/C9H17IN2/c1-4-5-2-3-6(8(4)11)7(10)9(5)12/h4-9H,2-3,11-12H2,1H3. The van der Waals surface area contributed by atoms with Crippen LogP contribution < -0.4 is 11.5 Å². The molecule has 2 bridgehead atoms. The molecular formula is C9H17IN2. The van der Waals surface area contributed by atoms with E-state index in [1.807, 2.05) is 0 Å². The summed E-state index contributed by atoms with van der Waals surface area (Å²) in [6.45, 7) is 2.27. The molecule has 0 heterocycles. The van der Waals surface area contributed by atoms with Gasteiger partial charge in [0, 0.05) is 16.0 Å². The fourth-order valence-electron chi connectivity index (χ4n) is 2.95. The maximum absolute atomic E-state index is 6.16. The molecular weight excluding hydrogens is 263 g/mol. The van der Waals surface area contributed by atoms with E-state index in [0.717, 1.165) is 0 Å². The summed E-state index contributed by atoms with van der Waals surface area (Å²) in [5.74, 6) is 2.01. The fourth-order valence-corrected chi connectivity index (χ4v) is 4.32. The highest BCUT2D eigenvalue weighted by Crippen LogP contribution is 2.46. The van der Waals surface area contributed by atoms with Crippen molar-refractivity contribution in [3.8, 4) is 0 Å². The number of hydrogen-bond donors (Lipinski definition) is 2. The summed E-state index contributed by atoms with van der Waals surface area (Å²) in [6.07, 6.45) is 2.61. The summed E-state index contributed by atoms with van der Waals surface area (Å²) in [7, 11) is 0. The van der Waals surface area contributed by atoms with E-state index in [4.69, 9.17) is 11.5 Å². The molecule has 3 heteroatoms. The van der Waals surface area contributed by atoms with Gasteiger partial charge in [-0.3, -0.25) is 0 Å². The van der Waals surface area contributed by atoms with Gasteiger partial charge in [0.1, 0.15) is 0 Å². The van der Waals surface area contributed by atoms with Crippen molar-refractivity contribution in [3.05, 3.63) is 0 Å². The Kier molecular flexibility index (Phi) is 2.38. The van der Waals surface area contributed by atoms with Crippen LogP contribution in [0.5, 0.6) is 0 Å². The summed E-state index contributed by atoms with van der Waals surface area (Å²) >= 11 is 2.50. The van der Waals surface area contributed by atoms with E-state index < -0.39 is 0 Å². The smallest absolute Gasteiger partial charge is 0.0307 e. The van der Waals surface area contributed by atoms with Crippen molar-refractivity contribution in [2.45, 2.75) is 35.8 Å². The third-order valence-electron chi connectivity index (χ3n) is 3.88. The predicted octanol–water partition coefficient (Wildman–Crippen LogP) is 1.12. The van der Waals surface area contributed by atoms with Gasteiger partial charge in [-0.25, -0.2) is 0 Å². The minimum atomic E-state index is 0.402. The summed E-state index contributed by atoms with van der Waals surface area (Å²) < 4.78 is 0.618. The van der Waals surface area contributed by atoms with E-state index in [0.29, 0.717) is 33.8 Å². The number of fused-ring (bicyclic) bond motifs is 3. The first-order valence-corrected chi connectivity index (χ1v) is 6.02. The summed E-state index contributed by atoms with van der Waals surface area (Å²) in [5.41, 5.74) is 12.3. The number of alkyl halides is 1. The van der Waals surface area contributed by atoms with E-state index in [2.05, 4.69) is 29.5 Å². The van der Waals surface area contributed by atoms with Gasteiger partial charge in [-0.2, -0.15) is 0 Å². The Morgan fingerprint density at radius 2 is 1.67 bits per heavy atom. The molecule has 3 rings (SSSR count). The minimum Gasteiger partial charge on any atom is -0.327 e. The van der Waals surface area contributed by atoms with Gasteiger partial charge < -0.3 is 11.5 Å². The Bertz CT molecular complexity index is 149. The maximum Gasteiger partial charge on any atom is 0.0307 e. The van der Waals surface area contributed by atoms with Crippen LogP contribution in [0.1, 0.15) is 19.8 Å². The first kappa shape index (κ1) is 9.21. The molecule has 3 fully saturated rings. The predicted molar refractivity (Wildman–Crippen MR) is 59.1 cm³/mol. The van der Waals surface area contributed by atoms with E-state index >= 15 is 0 Å². The molecule has 0 radical (unpaired) electrons.